The minimum absolute atomic E-state index is 0.00481. The Morgan fingerprint density at radius 2 is 1.08 bits per heavy atom. The Morgan fingerprint density at radius 1 is 0.577 bits per heavy atom. The number of pyridine rings is 5. The second kappa shape index (κ2) is 27.4. The van der Waals surface area contributed by atoms with Crippen molar-refractivity contribution < 1.29 is 9.18 Å². The molecule has 13 aromatic rings. The summed E-state index contributed by atoms with van der Waals surface area (Å²) in [6.45, 7) is 15.9. The number of hydrogen-bond donors (Lipinski definition) is 6. The van der Waals surface area contributed by atoms with Crippen molar-refractivity contribution in [1.29, 1.82) is 0 Å². The second-order valence-electron chi connectivity index (χ2n) is 24.4. The van der Waals surface area contributed by atoms with E-state index in [1.165, 1.54) is 6.07 Å². The number of thiazole rings is 1. The fourth-order valence-electron chi connectivity index (χ4n) is 12.9. The summed E-state index contributed by atoms with van der Waals surface area (Å²) in [6, 6.07) is 45.1. The van der Waals surface area contributed by atoms with Gasteiger partial charge in [0.15, 0.2) is 16.9 Å². The van der Waals surface area contributed by atoms with Crippen LogP contribution < -0.4 is 42.2 Å². The number of hydrogen-bond acceptors (Lipinski definition) is 15. The Balaban J connectivity index is 0.000000125. The molecule has 0 saturated carbocycles. The standard InChI is InChI=1S/C25H27FN6O.C25H19N5OS.C24H25ClN6O/c1-16-14-31(15-17(2)30(16)3)23-6-4-19(13-20(23)26)29-21-5-7-22(32-11-10-28-25(21)32)18-8-9-27-24(33)12-18;1-15-28-22(14-32-15)16-2-5-19(6-3-16)29-21-8-9-23(30-11-10-26-24(21)30)17-4-7-20-18(12-17)13-27-25(20)31;1-2-29-11-13-30(14-12-29)22-5-3-18(16-19(22)25)28-20-4-6-21(31-10-9-27-24(20)31)17-7-8-26-23(32)15-17/h4-13,16-17,29H,14-15H2,1-3H3,(H,27,33);2-12,14,29H,13H2,1H3,(H,27,31);3-10,15-16,28H,2,11-14H2,1H3,(H,26,32)/t16-,17+;;. The Kier molecular flexibility index (Phi) is 18.0. The normalized spacial score (nSPS) is 15.6. The largest absolute Gasteiger partial charge is 0.368 e. The molecular weight excluding hydrogens is 1260 g/mol. The van der Waals surface area contributed by atoms with Gasteiger partial charge in [0, 0.05) is 164 Å². The number of piperazine rings is 2. The first-order valence-corrected chi connectivity index (χ1v) is 33.5. The van der Waals surface area contributed by atoms with Gasteiger partial charge in [-0.25, -0.2) is 24.3 Å². The lowest BCUT2D eigenvalue weighted by Crippen LogP contribution is -2.55. The van der Waals surface area contributed by atoms with Crippen molar-refractivity contribution in [2.24, 2.45) is 0 Å². The maximum Gasteiger partial charge on any atom is 0.251 e. The SMILES string of the molecule is CCN1CCN(c2ccc(Nc3ccc(-c4cc[nH]c(=O)c4)n4ccnc34)cc2Cl)CC1.C[C@@H]1CN(c2ccc(Nc3ccc(-c4cc[nH]c(=O)c4)n4ccnc34)cc2F)C[C@H](C)N1C.Cc1nc(-c2ccc(Nc3ccc(-c4ccc5c(c4)CNC5=O)n4ccnc34)cc2)cs1. The van der Waals surface area contributed by atoms with Gasteiger partial charge in [-0.1, -0.05) is 36.7 Å². The molecule has 12 heterocycles. The molecule has 0 bridgehead atoms. The molecule has 20 nitrogen and oxygen atoms in total. The summed E-state index contributed by atoms with van der Waals surface area (Å²) in [5.74, 6) is -0.252. The Morgan fingerprint density at radius 3 is 1.59 bits per heavy atom. The van der Waals surface area contributed by atoms with E-state index < -0.39 is 0 Å². The number of nitrogens with one attached hydrogen (secondary N) is 6. The van der Waals surface area contributed by atoms with E-state index in [4.69, 9.17) is 11.6 Å². The highest BCUT2D eigenvalue weighted by Crippen LogP contribution is 2.36. The molecule has 2 saturated heterocycles. The predicted molar refractivity (Wildman–Crippen MR) is 388 cm³/mol. The first-order chi connectivity index (χ1) is 47.2. The van der Waals surface area contributed by atoms with Gasteiger partial charge in [-0.3, -0.25) is 32.5 Å². The van der Waals surface area contributed by atoms with Crippen molar-refractivity contribution in [1.82, 2.24) is 58.2 Å². The number of nitrogens with zero attached hydrogens (tertiary/aromatic N) is 11. The minimum atomic E-state index is -0.247. The maximum absolute atomic E-state index is 15.1. The fraction of sp³-hybridized carbons (Fsp3) is 0.203. The molecule has 3 aliphatic heterocycles. The van der Waals surface area contributed by atoms with Crippen molar-refractivity contribution >= 4 is 91.3 Å². The summed E-state index contributed by atoms with van der Waals surface area (Å²) < 4.78 is 21.1. The lowest BCUT2D eigenvalue weighted by molar-refractivity contribution is 0.0965. The van der Waals surface area contributed by atoms with Crippen LogP contribution in [-0.2, 0) is 6.54 Å². The summed E-state index contributed by atoms with van der Waals surface area (Å²) >= 11 is 8.32. The average molecular weight is 1330 g/mol. The number of aryl methyl sites for hydroxylation is 1. The van der Waals surface area contributed by atoms with Gasteiger partial charge in [0.2, 0.25) is 11.1 Å². The highest BCUT2D eigenvalue weighted by molar-refractivity contribution is 7.09. The fourth-order valence-corrected chi connectivity index (χ4v) is 13.8. The Hall–Kier alpha value is -10.9. The topological polar surface area (TPSA) is 209 Å². The number of H-pyrrole nitrogens is 2. The van der Waals surface area contributed by atoms with Crippen LogP contribution in [0.25, 0.3) is 62.0 Å². The summed E-state index contributed by atoms with van der Waals surface area (Å²) in [5, 5.41) is 17.0. The molecule has 1 amide bonds. The number of amides is 1. The van der Waals surface area contributed by atoms with E-state index >= 15 is 4.39 Å². The summed E-state index contributed by atoms with van der Waals surface area (Å²) in [6.07, 6.45) is 14.2. The van der Waals surface area contributed by atoms with E-state index in [9.17, 15) is 14.4 Å². The van der Waals surface area contributed by atoms with Crippen LogP contribution in [0.5, 0.6) is 0 Å². The monoisotopic (exact) mass is 1330 g/mol. The zero-order valence-electron chi connectivity index (χ0n) is 54.1. The van der Waals surface area contributed by atoms with Gasteiger partial charge in [-0.2, -0.15) is 0 Å². The predicted octanol–water partition coefficient (Wildman–Crippen LogP) is 13.7. The third kappa shape index (κ3) is 13.4. The van der Waals surface area contributed by atoms with Crippen LogP contribution in [0.2, 0.25) is 5.02 Å². The van der Waals surface area contributed by atoms with Crippen molar-refractivity contribution in [3.05, 3.63) is 242 Å². The number of anilines is 8. The van der Waals surface area contributed by atoms with Crippen molar-refractivity contribution in [3.8, 4) is 45.0 Å². The van der Waals surface area contributed by atoms with Gasteiger partial charge in [0.25, 0.3) is 5.91 Å². The minimum Gasteiger partial charge on any atom is -0.368 e. The molecule has 3 aliphatic rings. The van der Waals surface area contributed by atoms with Gasteiger partial charge in [0.05, 0.1) is 61.2 Å². The molecule has 9 aromatic heterocycles. The van der Waals surface area contributed by atoms with E-state index in [-0.39, 0.29) is 22.8 Å². The lowest BCUT2D eigenvalue weighted by Gasteiger charge is -2.43. The van der Waals surface area contributed by atoms with Crippen LogP contribution >= 0.6 is 22.9 Å². The number of rotatable bonds is 13. The summed E-state index contributed by atoms with van der Waals surface area (Å²) in [7, 11) is 2.12. The van der Waals surface area contributed by atoms with Gasteiger partial charge in [0.1, 0.15) is 5.82 Å². The zero-order valence-corrected chi connectivity index (χ0v) is 55.7. The molecule has 490 valence electrons. The van der Waals surface area contributed by atoms with E-state index in [0.29, 0.717) is 35.7 Å². The molecule has 23 heteroatoms. The smallest absolute Gasteiger partial charge is 0.251 e. The number of benzene rings is 4. The molecule has 4 aromatic carbocycles. The van der Waals surface area contributed by atoms with Gasteiger partial charge in [-0.05, 0) is 155 Å². The number of carbonyl (C=O) groups excluding carboxylic acids is 1. The van der Waals surface area contributed by atoms with Crippen molar-refractivity contribution in [2.45, 2.75) is 46.3 Å². The van der Waals surface area contributed by atoms with E-state index in [1.54, 1.807) is 54.5 Å². The van der Waals surface area contributed by atoms with Crippen LogP contribution in [0.1, 0.15) is 41.7 Å². The van der Waals surface area contributed by atoms with Crippen molar-refractivity contribution in [2.75, 3.05) is 78.6 Å². The number of halogens is 2. The number of aromatic nitrogens is 9. The van der Waals surface area contributed by atoms with Gasteiger partial charge in [-0.15, -0.1) is 11.3 Å². The molecule has 0 aliphatic carbocycles. The highest BCUT2D eigenvalue weighted by Gasteiger charge is 2.29. The molecule has 16 rings (SSSR count). The lowest BCUT2D eigenvalue weighted by atomic mass is 10.0. The molecule has 0 radical (unpaired) electrons. The molecule has 0 unspecified atom stereocenters. The molecule has 2 atom stereocenters. The molecule has 6 N–H and O–H groups in total. The zero-order chi connectivity index (χ0) is 66.8. The summed E-state index contributed by atoms with van der Waals surface area (Å²) in [4.78, 5) is 68.0. The number of carbonyl (C=O) groups is 1. The highest BCUT2D eigenvalue weighted by atomic mass is 35.5. The third-order valence-electron chi connectivity index (χ3n) is 18.3. The maximum atomic E-state index is 15.1. The Labute approximate surface area is 567 Å². The molecule has 2 fully saturated rings. The van der Waals surface area contributed by atoms with Crippen LogP contribution in [0.15, 0.2) is 204 Å². The van der Waals surface area contributed by atoms with E-state index in [0.717, 1.165) is 157 Å². The second-order valence-corrected chi connectivity index (χ2v) is 25.9. The quantitative estimate of drug-likeness (QED) is 0.0635. The average Bonchev–Trinajstić information content (AvgIpc) is 1.73. The third-order valence-corrected chi connectivity index (χ3v) is 19.3. The molecule has 97 heavy (non-hydrogen) atoms. The number of imidazole rings is 3. The Bertz CT molecular complexity index is 5160. The van der Waals surface area contributed by atoms with Crippen LogP contribution in [0.3, 0.4) is 0 Å². The van der Waals surface area contributed by atoms with Crippen LogP contribution in [0.4, 0.5) is 49.9 Å². The van der Waals surface area contributed by atoms with E-state index in [1.807, 2.05) is 107 Å². The van der Waals surface area contributed by atoms with Gasteiger partial charge >= 0.3 is 0 Å². The summed E-state index contributed by atoms with van der Waals surface area (Å²) in [5.41, 5.74) is 18.1. The van der Waals surface area contributed by atoms with Crippen LogP contribution in [0, 0.1) is 12.7 Å². The first kappa shape index (κ1) is 63.5. The number of likely N-dealkylation sites (N-methyl/N-ethyl adjacent to an activating group) is 2. The molecule has 0 spiro atoms. The van der Waals surface area contributed by atoms with E-state index in [2.05, 4.69) is 157 Å². The van der Waals surface area contributed by atoms with Crippen molar-refractivity contribution in [3.63, 3.8) is 0 Å². The number of fused-ring (bicyclic) bond motifs is 4. The first-order valence-electron chi connectivity index (χ1n) is 32.2. The number of aromatic amines is 2. The molecular formula is C74H71ClFN17O3S. The van der Waals surface area contributed by atoms with Gasteiger partial charge < -0.3 is 45.9 Å². The van der Waals surface area contributed by atoms with Crippen LogP contribution in [-0.4, -0.2) is 124 Å².